The van der Waals surface area contributed by atoms with Crippen molar-refractivity contribution in [1.82, 2.24) is 0 Å². The molecule has 6 aromatic rings. The number of benzene rings is 5. The van der Waals surface area contributed by atoms with E-state index in [0.717, 1.165) is 78.7 Å². The van der Waals surface area contributed by atoms with Gasteiger partial charge in [-0.25, -0.2) is 0 Å². The Labute approximate surface area is 228 Å². The van der Waals surface area contributed by atoms with E-state index >= 15 is 0 Å². The van der Waals surface area contributed by atoms with Crippen molar-refractivity contribution in [2.75, 3.05) is 0 Å². The second-order valence-electron chi connectivity index (χ2n) is 10.4. The van der Waals surface area contributed by atoms with Crippen molar-refractivity contribution in [2.45, 2.75) is 0 Å². The van der Waals surface area contributed by atoms with Gasteiger partial charge in [0.25, 0.3) is 13.4 Å². The van der Waals surface area contributed by atoms with E-state index < -0.39 is 0 Å². The highest BCUT2D eigenvalue weighted by atomic mass is 32.1. The van der Waals surface area contributed by atoms with Crippen molar-refractivity contribution < 1.29 is 18.9 Å². The summed E-state index contributed by atoms with van der Waals surface area (Å²) >= 11 is 1.81. The first-order valence-electron chi connectivity index (χ1n) is 13.1. The van der Waals surface area contributed by atoms with Crippen LogP contribution in [0.25, 0.3) is 10.1 Å². The van der Waals surface area contributed by atoms with E-state index in [9.17, 15) is 0 Å². The molecule has 0 bridgehead atoms. The van der Waals surface area contributed by atoms with Crippen molar-refractivity contribution in [3.8, 4) is 46.0 Å². The minimum Gasteiger partial charge on any atom is -0.458 e. The molecule has 7 heteroatoms. The highest BCUT2D eigenvalue weighted by molar-refractivity contribution is 7.33. The molecule has 0 spiro atoms. The van der Waals surface area contributed by atoms with E-state index in [4.69, 9.17) is 18.9 Å². The fourth-order valence-corrected chi connectivity index (χ4v) is 7.98. The first-order chi connectivity index (χ1) is 19.3. The summed E-state index contributed by atoms with van der Waals surface area (Å²) in [5.41, 5.74) is 5.58. The van der Waals surface area contributed by atoms with Gasteiger partial charge >= 0.3 is 0 Å². The lowest BCUT2D eigenvalue weighted by Gasteiger charge is -2.35. The second kappa shape index (κ2) is 7.07. The largest absolute Gasteiger partial charge is 0.458 e. The molecule has 5 heterocycles. The first kappa shape index (κ1) is 20.4. The number of ether oxygens (including phenoxy) is 4. The maximum absolute atomic E-state index is 6.56. The van der Waals surface area contributed by atoms with Crippen molar-refractivity contribution >= 4 is 66.9 Å². The second-order valence-corrected chi connectivity index (χ2v) is 11.5. The van der Waals surface area contributed by atoms with Crippen LogP contribution in [0.1, 0.15) is 0 Å². The molecule has 0 amide bonds. The van der Waals surface area contributed by atoms with Crippen molar-refractivity contribution in [2.24, 2.45) is 0 Å². The molecule has 0 unspecified atom stereocenters. The zero-order chi connectivity index (χ0) is 25.2. The van der Waals surface area contributed by atoms with Crippen molar-refractivity contribution in [3.05, 3.63) is 97.1 Å². The number of para-hydroxylation sites is 1. The monoisotopic (exact) mass is 518 g/mol. The third-order valence-corrected chi connectivity index (χ3v) is 9.55. The number of hydrogen-bond donors (Lipinski definition) is 0. The summed E-state index contributed by atoms with van der Waals surface area (Å²) in [5, 5.41) is 1.15. The van der Waals surface area contributed by atoms with Gasteiger partial charge in [-0.3, -0.25) is 0 Å². The minimum atomic E-state index is 0.00793. The van der Waals surface area contributed by atoms with E-state index in [2.05, 4.69) is 48.5 Å². The Balaban J connectivity index is 1.26. The summed E-state index contributed by atoms with van der Waals surface area (Å²) in [6, 6.07) is 33.3. The molecule has 4 aliphatic rings. The van der Waals surface area contributed by atoms with Crippen LogP contribution in [-0.4, -0.2) is 13.4 Å². The van der Waals surface area contributed by atoms with Crippen LogP contribution in [0, 0.1) is 0 Å². The summed E-state index contributed by atoms with van der Waals surface area (Å²) in [4.78, 5) is 0. The van der Waals surface area contributed by atoms with E-state index in [1.165, 1.54) is 9.48 Å². The summed E-state index contributed by atoms with van der Waals surface area (Å²) < 4.78 is 28.4. The minimum absolute atomic E-state index is 0.00793. The van der Waals surface area contributed by atoms with Gasteiger partial charge in [-0.05, 0) is 58.9 Å². The number of hydrogen-bond acceptors (Lipinski definition) is 5. The van der Waals surface area contributed by atoms with Crippen molar-refractivity contribution in [1.29, 1.82) is 0 Å². The average molecular weight is 518 g/mol. The normalized spacial score (nSPS) is 14.4. The predicted molar refractivity (Wildman–Crippen MR) is 157 cm³/mol. The Hall–Kier alpha value is -4.61. The number of fused-ring (bicyclic) bond motifs is 10. The first-order valence-corrected chi connectivity index (χ1v) is 13.9. The highest BCUT2D eigenvalue weighted by Crippen LogP contribution is 2.42. The topological polar surface area (TPSA) is 36.9 Å². The van der Waals surface area contributed by atoms with Crippen molar-refractivity contribution in [3.63, 3.8) is 0 Å². The third kappa shape index (κ3) is 2.56. The van der Waals surface area contributed by atoms with Gasteiger partial charge in [-0.2, -0.15) is 0 Å². The van der Waals surface area contributed by atoms with Crippen LogP contribution in [-0.2, 0) is 0 Å². The molecular weight excluding hydrogens is 502 g/mol. The molecule has 5 aromatic carbocycles. The van der Waals surface area contributed by atoms with Crippen LogP contribution >= 0.6 is 11.3 Å². The zero-order valence-electron chi connectivity index (χ0n) is 20.4. The van der Waals surface area contributed by atoms with Crippen LogP contribution in [0.15, 0.2) is 97.1 Å². The molecule has 0 fully saturated rings. The van der Waals surface area contributed by atoms with Gasteiger partial charge in [-0.15, -0.1) is 11.3 Å². The lowest BCUT2D eigenvalue weighted by atomic mass is 9.32. The Morgan fingerprint density at radius 2 is 1.05 bits per heavy atom. The Bertz CT molecular complexity index is 2070. The Kier molecular flexibility index (Phi) is 3.69. The molecule has 39 heavy (non-hydrogen) atoms. The van der Waals surface area contributed by atoms with Gasteiger partial charge in [0, 0.05) is 31.9 Å². The zero-order valence-corrected chi connectivity index (χ0v) is 21.3. The fraction of sp³-hybridized carbons (Fsp3) is 0. The fourth-order valence-electron chi connectivity index (χ4n) is 6.72. The SMILES string of the molecule is c1ccc2c(c1)Oc1cccc3c1B2c1cc2c(cc1O3)Oc1cccc3c1B2c1sc2ccccc2c1O3. The van der Waals surface area contributed by atoms with E-state index in [1.54, 1.807) is 11.3 Å². The molecule has 0 radical (unpaired) electrons. The number of thiophene rings is 1. The Morgan fingerprint density at radius 3 is 1.85 bits per heavy atom. The summed E-state index contributed by atoms with van der Waals surface area (Å²) in [5.74, 6) is 6.87. The maximum atomic E-state index is 6.56. The summed E-state index contributed by atoms with van der Waals surface area (Å²) in [6.45, 7) is 0.0201. The average Bonchev–Trinajstić information content (AvgIpc) is 3.34. The van der Waals surface area contributed by atoms with Gasteiger partial charge in [0.15, 0.2) is 0 Å². The van der Waals surface area contributed by atoms with Crippen LogP contribution < -0.4 is 51.0 Å². The van der Waals surface area contributed by atoms with Crippen LogP contribution in [0.3, 0.4) is 0 Å². The van der Waals surface area contributed by atoms with Gasteiger partial charge in [0.2, 0.25) is 0 Å². The third-order valence-electron chi connectivity index (χ3n) is 8.33. The maximum Gasteiger partial charge on any atom is 0.273 e. The molecule has 4 aliphatic heterocycles. The molecule has 180 valence electrons. The van der Waals surface area contributed by atoms with Gasteiger partial charge in [-0.1, -0.05) is 48.5 Å². The standard InChI is InChI=1S/C32H16B2O4S/c1-4-14-28-17(7-1)31-32(39-28)34-20-15-19-26(16-27(20)37-24-12-6-13-25(38-31)30(24)34)36-23-11-5-10-22-29(23)33(19)18-8-2-3-9-21(18)35-22/h1-16H. The lowest BCUT2D eigenvalue weighted by Crippen LogP contribution is -2.61. The van der Waals surface area contributed by atoms with E-state index in [1.807, 2.05) is 48.5 Å². The quantitative estimate of drug-likeness (QED) is 0.280. The summed E-state index contributed by atoms with van der Waals surface area (Å²) in [7, 11) is 0. The molecule has 0 aliphatic carbocycles. The molecule has 0 atom stereocenters. The summed E-state index contributed by atoms with van der Waals surface area (Å²) in [6.07, 6.45) is 0. The molecule has 0 saturated carbocycles. The number of rotatable bonds is 0. The van der Waals surface area contributed by atoms with Gasteiger partial charge in [0.1, 0.15) is 46.0 Å². The van der Waals surface area contributed by atoms with Gasteiger partial charge < -0.3 is 18.9 Å². The van der Waals surface area contributed by atoms with E-state index in [0.29, 0.717) is 0 Å². The van der Waals surface area contributed by atoms with E-state index in [-0.39, 0.29) is 13.4 Å². The van der Waals surface area contributed by atoms with Crippen LogP contribution in [0.5, 0.6) is 46.0 Å². The Morgan fingerprint density at radius 1 is 0.462 bits per heavy atom. The highest BCUT2D eigenvalue weighted by Gasteiger charge is 2.45. The lowest BCUT2D eigenvalue weighted by molar-refractivity contribution is 0.452. The molecule has 1 aromatic heterocycles. The molecule has 0 N–H and O–H groups in total. The predicted octanol–water partition coefficient (Wildman–Crippen LogP) is 4.36. The van der Waals surface area contributed by atoms with Crippen LogP contribution in [0.2, 0.25) is 0 Å². The molecule has 0 saturated heterocycles. The van der Waals surface area contributed by atoms with Gasteiger partial charge in [0.05, 0.1) is 0 Å². The van der Waals surface area contributed by atoms with Crippen LogP contribution in [0.4, 0.5) is 0 Å². The molecular formula is C32H16B2O4S. The smallest absolute Gasteiger partial charge is 0.273 e. The molecule has 4 nitrogen and oxygen atoms in total. The molecule has 10 rings (SSSR count).